The molecule has 0 fully saturated rings. The fourth-order valence-corrected chi connectivity index (χ4v) is 8.76. The molecular formula is C67H116O6. The summed E-state index contributed by atoms with van der Waals surface area (Å²) in [5.41, 5.74) is 0. The second-order valence-corrected chi connectivity index (χ2v) is 20.6. The summed E-state index contributed by atoms with van der Waals surface area (Å²) < 4.78 is 16.9. The Morgan fingerprint density at radius 1 is 0.288 bits per heavy atom. The van der Waals surface area contributed by atoms with Gasteiger partial charge in [-0.2, -0.15) is 0 Å². The van der Waals surface area contributed by atoms with Crippen molar-refractivity contribution < 1.29 is 28.6 Å². The van der Waals surface area contributed by atoms with Gasteiger partial charge in [0.25, 0.3) is 0 Å². The van der Waals surface area contributed by atoms with Gasteiger partial charge in [0.2, 0.25) is 0 Å². The summed E-state index contributed by atoms with van der Waals surface area (Å²) in [5.74, 6) is -0.978. The zero-order chi connectivity index (χ0) is 52.9. The number of allylic oxidation sites excluding steroid dienone is 14. The van der Waals surface area contributed by atoms with Crippen molar-refractivity contribution in [3.63, 3.8) is 0 Å². The van der Waals surface area contributed by atoms with Crippen molar-refractivity contribution in [1.29, 1.82) is 0 Å². The molecule has 0 saturated heterocycles. The molecule has 0 aromatic carbocycles. The minimum absolute atomic E-state index is 0.0996. The Kier molecular flexibility index (Phi) is 58.3. The Labute approximate surface area is 452 Å². The van der Waals surface area contributed by atoms with Crippen LogP contribution in [-0.4, -0.2) is 37.2 Å². The molecule has 0 aliphatic rings. The molecule has 0 heterocycles. The minimum Gasteiger partial charge on any atom is -0.462 e. The second kappa shape index (κ2) is 61.1. The molecule has 0 aromatic rings. The van der Waals surface area contributed by atoms with E-state index in [0.717, 1.165) is 77.0 Å². The number of hydrogen-bond acceptors (Lipinski definition) is 6. The number of hydrogen-bond donors (Lipinski definition) is 0. The normalized spacial score (nSPS) is 12.6. The van der Waals surface area contributed by atoms with E-state index in [1.54, 1.807) is 0 Å². The quantitative estimate of drug-likeness (QED) is 0.0261. The molecule has 0 saturated carbocycles. The van der Waals surface area contributed by atoms with E-state index < -0.39 is 6.10 Å². The maximum atomic E-state index is 12.9. The van der Waals surface area contributed by atoms with Gasteiger partial charge in [-0.15, -0.1) is 0 Å². The lowest BCUT2D eigenvalue weighted by Gasteiger charge is -2.18. The van der Waals surface area contributed by atoms with Gasteiger partial charge < -0.3 is 14.2 Å². The van der Waals surface area contributed by atoms with Gasteiger partial charge in [-0.1, -0.05) is 286 Å². The predicted molar refractivity (Wildman–Crippen MR) is 316 cm³/mol. The number of carbonyl (C=O) groups is 3. The van der Waals surface area contributed by atoms with Gasteiger partial charge in [0.05, 0.1) is 0 Å². The third-order valence-corrected chi connectivity index (χ3v) is 13.4. The van der Waals surface area contributed by atoms with Crippen LogP contribution in [0.15, 0.2) is 85.1 Å². The molecule has 0 bridgehead atoms. The Morgan fingerprint density at radius 3 is 0.918 bits per heavy atom. The van der Waals surface area contributed by atoms with Crippen molar-refractivity contribution in [2.24, 2.45) is 0 Å². The molecule has 6 nitrogen and oxygen atoms in total. The molecule has 0 aliphatic carbocycles. The van der Waals surface area contributed by atoms with E-state index in [1.807, 2.05) is 6.08 Å². The monoisotopic (exact) mass is 1020 g/mol. The lowest BCUT2D eigenvalue weighted by atomic mass is 10.0. The third kappa shape index (κ3) is 59.3. The van der Waals surface area contributed by atoms with E-state index in [2.05, 4.69) is 99.8 Å². The fourth-order valence-electron chi connectivity index (χ4n) is 8.76. The Balaban J connectivity index is 4.47. The predicted octanol–water partition coefficient (Wildman–Crippen LogP) is 21.1. The van der Waals surface area contributed by atoms with Crippen LogP contribution < -0.4 is 0 Å². The highest BCUT2D eigenvalue weighted by Crippen LogP contribution is 2.16. The van der Waals surface area contributed by atoms with Gasteiger partial charge >= 0.3 is 17.9 Å². The first-order valence-electron chi connectivity index (χ1n) is 31.1. The maximum Gasteiger partial charge on any atom is 0.306 e. The standard InChI is InChI=1S/C67H116O6/c1-4-7-10-13-16-19-22-25-28-31-33-36-39-42-45-48-51-54-57-60-66(69)72-63-64(62-71-65(68)59-56-53-50-47-44-41-38-35-30-27-24-21-18-15-12-9-6-3)73-67(70)61-58-55-52-49-46-43-40-37-34-32-29-26-23-20-17-14-11-8-5-2/h7,10,16,19,25,27-28,30,33,36,42,45,51,54,64H,4-6,8-9,11-15,17-18,20-24,26,29,31-32,34-35,37-41,43-44,46-50,52-53,55-63H2,1-3H3/b10-7-,19-16-,28-25-,30-27-,36-33-,45-42-,54-51-/t64-/m0/s1. The Hall–Kier alpha value is -3.41. The molecule has 1 atom stereocenters. The van der Waals surface area contributed by atoms with Crippen LogP contribution in [0.4, 0.5) is 0 Å². The van der Waals surface area contributed by atoms with Crippen LogP contribution in [0.25, 0.3) is 0 Å². The van der Waals surface area contributed by atoms with Gasteiger partial charge in [0.1, 0.15) is 13.2 Å². The molecule has 73 heavy (non-hydrogen) atoms. The number of carbonyl (C=O) groups excluding carboxylic acids is 3. The van der Waals surface area contributed by atoms with Crippen molar-refractivity contribution >= 4 is 17.9 Å². The second-order valence-electron chi connectivity index (χ2n) is 20.6. The molecule has 420 valence electrons. The van der Waals surface area contributed by atoms with Crippen LogP contribution in [0, 0.1) is 0 Å². The van der Waals surface area contributed by atoms with Crippen molar-refractivity contribution in [2.45, 2.75) is 309 Å². The molecule has 0 aliphatic heterocycles. The molecule has 0 aromatic heterocycles. The summed E-state index contributed by atoms with van der Waals surface area (Å²) in [6.45, 7) is 6.49. The maximum absolute atomic E-state index is 12.9. The highest BCUT2D eigenvalue weighted by atomic mass is 16.6. The van der Waals surface area contributed by atoms with Gasteiger partial charge in [-0.05, 0) is 83.5 Å². The average molecular weight is 1020 g/mol. The highest BCUT2D eigenvalue weighted by Gasteiger charge is 2.19. The van der Waals surface area contributed by atoms with Gasteiger partial charge in [-0.3, -0.25) is 14.4 Å². The van der Waals surface area contributed by atoms with Crippen molar-refractivity contribution in [1.82, 2.24) is 0 Å². The Bertz CT molecular complexity index is 1400. The number of esters is 3. The van der Waals surface area contributed by atoms with Gasteiger partial charge in [0.15, 0.2) is 6.10 Å². The molecular weight excluding hydrogens is 901 g/mol. The first kappa shape index (κ1) is 69.6. The van der Waals surface area contributed by atoms with Gasteiger partial charge in [0, 0.05) is 19.3 Å². The summed E-state index contributed by atoms with van der Waals surface area (Å²) >= 11 is 0. The first-order chi connectivity index (χ1) is 36.0. The fraction of sp³-hybridized carbons (Fsp3) is 0.746. The molecule has 0 unspecified atom stereocenters. The van der Waals surface area contributed by atoms with E-state index in [0.29, 0.717) is 19.3 Å². The van der Waals surface area contributed by atoms with Crippen LogP contribution in [-0.2, 0) is 28.6 Å². The van der Waals surface area contributed by atoms with Crippen LogP contribution in [0.3, 0.4) is 0 Å². The van der Waals surface area contributed by atoms with Crippen LogP contribution in [0.5, 0.6) is 0 Å². The number of unbranched alkanes of at least 4 members (excludes halogenated alkanes) is 31. The molecule has 6 heteroatoms. The Morgan fingerprint density at radius 2 is 0.562 bits per heavy atom. The summed E-state index contributed by atoms with van der Waals surface area (Å²) in [5, 5.41) is 0. The molecule has 0 spiro atoms. The van der Waals surface area contributed by atoms with E-state index in [1.165, 1.54) is 180 Å². The smallest absolute Gasteiger partial charge is 0.306 e. The van der Waals surface area contributed by atoms with Gasteiger partial charge in [-0.25, -0.2) is 0 Å². The van der Waals surface area contributed by atoms with Crippen molar-refractivity contribution in [3.05, 3.63) is 85.1 Å². The average Bonchev–Trinajstić information content (AvgIpc) is 3.39. The van der Waals surface area contributed by atoms with Crippen molar-refractivity contribution in [2.75, 3.05) is 13.2 Å². The summed E-state index contributed by atoms with van der Waals surface area (Å²) in [4.78, 5) is 38.3. The summed E-state index contributed by atoms with van der Waals surface area (Å²) in [7, 11) is 0. The topological polar surface area (TPSA) is 78.9 Å². The molecule has 0 rings (SSSR count). The largest absolute Gasteiger partial charge is 0.462 e. The highest BCUT2D eigenvalue weighted by molar-refractivity contribution is 5.71. The lowest BCUT2D eigenvalue weighted by molar-refractivity contribution is -0.166. The number of rotatable bonds is 56. The molecule has 0 radical (unpaired) electrons. The minimum atomic E-state index is -0.808. The van der Waals surface area contributed by atoms with E-state index in [4.69, 9.17) is 14.2 Å². The molecule has 0 N–H and O–H groups in total. The lowest BCUT2D eigenvalue weighted by Crippen LogP contribution is -2.30. The zero-order valence-corrected chi connectivity index (χ0v) is 48.1. The third-order valence-electron chi connectivity index (χ3n) is 13.4. The molecule has 0 amide bonds. The van der Waals surface area contributed by atoms with E-state index in [-0.39, 0.29) is 37.5 Å². The van der Waals surface area contributed by atoms with E-state index in [9.17, 15) is 14.4 Å². The zero-order valence-electron chi connectivity index (χ0n) is 48.1. The van der Waals surface area contributed by atoms with Crippen LogP contribution >= 0.6 is 0 Å². The summed E-state index contributed by atoms with van der Waals surface area (Å²) in [6.07, 6.45) is 80.2. The van der Waals surface area contributed by atoms with E-state index >= 15 is 0 Å². The van der Waals surface area contributed by atoms with Crippen LogP contribution in [0.1, 0.15) is 303 Å². The number of ether oxygens (including phenoxy) is 3. The van der Waals surface area contributed by atoms with Crippen molar-refractivity contribution in [3.8, 4) is 0 Å². The SMILES string of the molecule is CC/C=C\C/C=C\C/C=C\C/C=C\C/C=C\C/C=C\CCC(=O)OC[C@H](COC(=O)CCCCCCCCC/C=C\CCCCCCCC)OC(=O)CCCCCCCCCCCCCCCCCCCCC. The first-order valence-corrected chi connectivity index (χ1v) is 31.1. The summed E-state index contributed by atoms with van der Waals surface area (Å²) in [6, 6.07) is 0. The van der Waals surface area contributed by atoms with Crippen LogP contribution in [0.2, 0.25) is 0 Å².